The summed E-state index contributed by atoms with van der Waals surface area (Å²) in [4.78, 5) is 24.4. The maximum atomic E-state index is 13.3. The molecule has 1 aliphatic heterocycles. The predicted octanol–water partition coefficient (Wildman–Crippen LogP) is 3.17. The molecule has 0 saturated carbocycles. The molecule has 0 aliphatic carbocycles. The van der Waals surface area contributed by atoms with E-state index in [9.17, 15) is 14.3 Å². The monoisotopic (exact) mass is 426 g/mol. The number of thiophene rings is 1. The number of hydrogen-bond acceptors (Lipinski definition) is 6. The van der Waals surface area contributed by atoms with Crippen LogP contribution in [0.25, 0.3) is 0 Å². The molecule has 3 atom stereocenters. The predicted molar refractivity (Wildman–Crippen MR) is 112 cm³/mol. The van der Waals surface area contributed by atoms with Crippen LogP contribution in [0.5, 0.6) is 0 Å². The third-order valence-corrected chi connectivity index (χ3v) is 6.45. The maximum absolute atomic E-state index is 13.3. The molecule has 1 aliphatic rings. The van der Waals surface area contributed by atoms with Crippen molar-refractivity contribution >= 4 is 17.2 Å². The van der Waals surface area contributed by atoms with Crippen molar-refractivity contribution in [3.05, 3.63) is 82.3 Å². The van der Waals surface area contributed by atoms with E-state index in [1.807, 2.05) is 17.5 Å². The number of likely N-dealkylation sites (tertiary alicyclic amines) is 1. The lowest BCUT2D eigenvalue weighted by Crippen LogP contribution is -2.62. The van der Waals surface area contributed by atoms with Gasteiger partial charge in [0, 0.05) is 41.5 Å². The largest absolute Gasteiger partial charge is 0.388 e. The number of benzene rings is 1. The van der Waals surface area contributed by atoms with Gasteiger partial charge in [-0.1, -0.05) is 6.07 Å². The number of carbonyl (C=O) groups excluding carboxylic acids is 1. The van der Waals surface area contributed by atoms with E-state index >= 15 is 0 Å². The van der Waals surface area contributed by atoms with Crippen molar-refractivity contribution in [2.24, 2.45) is 0 Å². The number of rotatable bonds is 5. The van der Waals surface area contributed by atoms with E-state index in [4.69, 9.17) is 0 Å². The van der Waals surface area contributed by atoms with Crippen LogP contribution in [0, 0.1) is 5.82 Å². The van der Waals surface area contributed by atoms with Gasteiger partial charge in [-0.15, -0.1) is 11.3 Å². The molecule has 2 aromatic heterocycles. The highest BCUT2D eigenvalue weighted by Crippen LogP contribution is 2.39. The Morgan fingerprint density at radius 1 is 1.30 bits per heavy atom. The third-order valence-electron chi connectivity index (χ3n) is 5.51. The quantitative estimate of drug-likeness (QED) is 0.655. The summed E-state index contributed by atoms with van der Waals surface area (Å²) in [5, 5.41) is 16.2. The summed E-state index contributed by atoms with van der Waals surface area (Å²) in [6, 6.07) is 8.61. The van der Waals surface area contributed by atoms with Crippen LogP contribution < -0.4 is 5.32 Å². The first kappa shape index (κ1) is 20.6. The number of nitrogens with one attached hydrogen (secondary N) is 1. The molecule has 6 nitrogen and oxygen atoms in total. The van der Waals surface area contributed by atoms with E-state index in [-0.39, 0.29) is 11.9 Å². The fraction of sp³-hybridized carbons (Fsp3) is 0.318. The van der Waals surface area contributed by atoms with Crippen LogP contribution in [0.15, 0.2) is 60.5 Å². The lowest BCUT2D eigenvalue weighted by molar-refractivity contribution is -0.0656. The summed E-state index contributed by atoms with van der Waals surface area (Å²) in [6.45, 7) is 3.02. The van der Waals surface area contributed by atoms with Gasteiger partial charge in [-0.3, -0.25) is 9.69 Å². The van der Waals surface area contributed by atoms with Gasteiger partial charge in [-0.25, -0.2) is 14.4 Å². The fourth-order valence-electron chi connectivity index (χ4n) is 3.90. The molecule has 8 heteroatoms. The number of piperidine rings is 1. The molecule has 3 heterocycles. The summed E-state index contributed by atoms with van der Waals surface area (Å²) in [7, 11) is 0. The number of nitrogens with zero attached hydrogens (tertiary/aromatic N) is 3. The van der Waals surface area contributed by atoms with Crippen LogP contribution in [0.4, 0.5) is 4.39 Å². The second-order valence-electron chi connectivity index (χ2n) is 7.74. The average molecular weight is 427 g/mol. The molecule has 3 aromatic rings. The van der Waals surface area contributed by atoms with Gasteiger partial charge in [0.25, 0.3) is 5.91 Å². The molecule has 0 bridgehead atoms. The second-order valence-corrected chi connectivity index (χ2v) is 8.72. The number of aromatic nitrogens is 2. The number of aliphatic hydroxyl groups is 1. The highest BCUT2D eigenvalue weighted by atomic mass is 32.1. The fourth-order valence-corrected chi connectivity index (χ4v) is 4.80. The van der Waals surface area contributed by atoms with Gasteiger partial charge < -0.3 is 10.4 Å². The summed E-state index contributed by atoms with van der Waals surface area (Å²) in [5.41, 5.74) is 0.212. The molecule has 0 spiro atoms. The van der Waals surface area contributed by atoms with Crippen LogP contribution in [0.1, 0.15) is 40.2 Å². The second kappa shape index (κ2) is 8.59. The maximum Gasteiger partial charge on any atom is 0.251 e. The minimum atomic E-state index is -1.10. The Labute approximate surface area is 178 Å². The van der Waals surface area contributed by atoms with E-state index in [1.165, 1.54) is 30.6 Å². The van der Waals surface area contributed by atoms with Crippen LogP contribution in [0.2, 0.25) is 0 Å². The molecule has 4 rings (SSSR count). The van der Waals surface area contributed by atoms with Crippen molar-refractivity contribution in [2.45, 2.75) is 37.6 Å². The minimum Gasteiger partial charge on any atom is -0.388 e. The summed E-state index contributed by atoms with van der Waals surface area (Å²) < 4.78 is 13.3. The van der Waals surface area contributed by atoms with E-state index in [0.29, 0.717) is 25.1 Å². The molecule has 1 amide bonds. The van der Waals surface area contributed by atoms with Crippen LogP contribution in [-0.4, -0.2) is 44.1 Å². The first-order chi connectivity index (χ1) is 14.4. The van der Waals surface area contributed by atoms with E-state index in [0.717, 1.165) is 10.4 Å². The summed E-state index contributed by atoms with van der Waals surface area (Å²) >= 11 is 1.59. The molecule has 1 fully saturated rings. The molecular weight excluding hydrogens is 403 g/mol. The Kier molecular flexibility index (Phi) is 5.90. The van der Waals surface area contributed by atoms with Gasteiger partial charge in [0.15, 0.2) is 0 Å². The van der Waals surface area contributed by atoms with Crippen molar-refractivity contribution in [3.8, 4) is 0 Å². The molecule has 156 valence electrons. The standard InChI is InChI=1S/C22H23FN4O2S/c1-22(29)8-9-27(13-15-11-24-14-25-12-15)19(18-3-2-10-30-18)20(22)26-21(28)16-4-6-17(23)7-5-16/h2-7,10-12,14,19-20,29H,8-9,13H2,1H3,(H,26,28). The first-order valence-corrected chi connectivity index (χ1v) is 10.6. The lowest BCUT2D eigenvalue weighted by Gasteiger charge is -2.48. The Morgan fingerprint density at radius 2 is 2.03 bits per heavy atom. The SMILES string of the molecule is CC1(O)CCN(Cc2cncnc2)C(c2cccs2)C1NC(=O)c1ccc(F)cc1. The number of carbonyl (C=O) groups is 1. The zero-order chi connectivity index (χ0) is 21.1. The Hall–Kier alpha value is -2.68. The Bertz CT molecular complexity index is 980. The zero-order valence-corrected chi connectivity index (χ0v) is 17.3. The van der Waals surface area contributed by atoms with Crippen molar-refractivity contribution < 1.29 is 14.3 Å². The van der Waals surface area contributed by atoms with Crippen molar-refractivity contribution in [1.29, 1.82) is 0 Å². The smallest absolute Gasteiger partial charge is 0.251 e. The third kappa shape index (κ3) is 4.40. The van der Waals surface area contributed by atoms with Gasteiger partial charge in [0.2, 0.25) is 0 Å². The normalized spacial score (nSPS) is 24.5. The lowest BCUT2D eigenvalue weighted by atomic mass is 9.81. The molecule has 2 N–H and O–H groups in total. The average Bonchev–Trinajstić information content (AvgIpc) is 3.26. The van der Waals surface area contributed by atoms with Crippen molar-refractivity contribution in [1.82, 2.24) is 20.2 Å². The van der Waals surface area contributed by atoms with Gasteiger partial charge in [-0.05, 0) is 49.1 Å². The number of hydrogen-bond donors (Lipinski definition) is 2. The van der Waals surface area contributed by atoms with Crippen LogP contribution in [0.3, 0.4) is 0 Å². The van der Waals surface area contributed by atoms with Gasteiger partial charge in [-0.2, -0.15) is 0 Å². The highest BCUT2D eigenvalue weighted by molar-refractivity contribution is 7.10. The summed E-state index contributed by atoms with van der Waals surface area (Å²) in [5.74, 6) is -0.740. The molecule has 1 saturated heterocycles. The van der Waals surface area contributed by atoms with Crippen molar-refractivity contribution in [2.75, 3.05) is 6.54 Å². The van der Waals surface area contributed by atoms with E-state index in [1.54, 1.807) is 30.7 Å². The number of halogens is 1. The topological polar surface area (TPSA) is 78.3 Å². The number of amides is 1. The highest BCUT2D eigenvalue weighted by Gasteiger charge is 2.46. The minimum absolute atomic E-state index is 0.224. The van der Waals surface area contributed by atoms with Gasteiger partial charge in [0.1, 0.15) is 12.1 Å². The Morgan fingerprint density at radius 3 is 2.70 bits per heavy atom. The molecule has 0 radical (unpaired) electrons. The molecular formula is C22H23FN4O2S. The van der Waals surface area contributed by atoms with E-state index in [2.05, 4.69) is 20.2 Å². The van der Waals surface area contributed by atoms with E-state index < -0.39 is 17.5 Å². The zero-order valence-electron chi connectivity index (χ0n) is 16.5. The van der Waals surface area contributed by atoms with Crippen LogP contribution in [-0.2, 0) is 6.54 Å². The molecule has 1 aromatic carbocycles. The van der Waals surface area contributed by atoms with Gasteiger partial charge in [0.05, 0.1) is 17.7 Å². The van der Waals surface area contributed by atoms with Gasteiger partial charge >= 0.3 is 0 Å². The Balaban J connectivity index is 1.65. The van der Waals surface area contributed by atoms with Crippen molar-refractivity contribution in [3.63, 3.8) is 0 Å². The molecule has 3 unspecified atom stereocenters. The first-order valence-electron chi connectivity index (χ1n) is 9.74. The molecule has 30 heavy (non-hydrogen) atoms. The van der Waals surface area contributed by atoms with Crippen LogP contribution >= 0.6 is 11.3 Å². The summed E-state index contributed by atoms with van der Waals surface area (Å²) in [6.07, 6.45) is 5.54.